The molecule has 3 N–H and O–H groups in total. The summed E-state index contributed by atoms with van der Waals surface area (Å²) in [6.07, 6.45) is 0. The van der Waals surface area contributed by atoms with Gasteiger partial charge in [0, 0.05) is 5.69 Å². The number of carbonyl (C=O) groups excluding carboxylic acids is 1. The maximum atomic E-state index is 11.8. The Balaban J connectivity index is 2.14. The number of methoxy groups -OCH3 is 1. The highest BCUT2D eigenvalue weighted by Crippen LogP contribution is 2.25. The van der Waals surface area contributed by atoms with Crippen molar-refractivity contribution in [2.75, 3.05) is 18.2 Å². The number of anilines is 2. The highest BCUT2D eigenvalue weighted by atomic mass is 79.9. The van der Waals surface area contributed by atoms with Gasteiger partial charge in [0.1, 0.15) is 5.75 Å². The van der Waals surface area contributed by atoms with Crippen LogP contribution in [0, 0.1) is 0 Å². The van der Waals surface area contributed by atoms with Gasteiger partial charge in [-0.2, -0.15) is 0 Å². The molecule has 0 unspecified atom stereocenters. The first-order chi connectivity index (χ1) is 8.60. The van der Waals surface area contributed by atoms with Crippen LogP contribution in [0.15, 0.2) is 39.4 Å². The number of hydrogen-bond donors (Lipinski definition) is 2. The zero-order valence-corrected chi connectivity index (χ0v) is 11.2. The van der Waals surface area contributed by atoms with Crippen LogP contribution in [0.25, 0.3) is 0 Å². The van der Waals surface area contributed by atoms with Gasteiger partial charge in [0.25, 0.3) is 5.91 Å². The van der Waals surface area contributed by atoms with E-state index in [0.29, 0.717) is 21.8 Å². The van der Waals surface area contributed by atoms with Crippen molar-refractivity contribution in [3.8, 4) is 5.75 Å². The van der Waals surface area contributed by atoms with Crippen LogP contribution in [0.2, 0.25) is 0 Å². The molecular formula is C12H11BrN2O3. The summed E-state index contributed by atoms with van der Waals surface area (Å²) in [7, 11) is 1.53. The molecule has 1 aromatic heterocycles. The van der Waals surface area contributed by atoms with Crippen LogP contribution >= 0.6 is 15.9 Å². The summed E-state index contributed by atoms with van der Waals surface area (Å²) in [6.45, 7) is 0. The van der Waals surface area contributed by atoms with E-state index in [1.54, 1.807) is 30.3 Å². The van der Waals surface area contributed by atoms with Crippen molar-refractivity contribution in [1.29, 1.82) is 0 Å². The number of benzene rings is 1. The monoisotopic (exact) mass is 310 g/mol. The van der Waals surface area contributed by atoms with Gasteiger partial charge in [-0.15, -0.1) is 0 Å². The molecule has 18 heavy (non-hydrogen) atoms. The molecule has 0 bridgehead atoms. The van der Waals surface area contributed by atoms with Gasteiger partial charge >= 0.3 is 0 Å². The molecule has 0 fully saturated rings. The predicted molar refractivity (Wildman–Crippen MR) is 71.8 cm³/mol. The van der Waals surface area contributed by atoms with Crippen molar-refractivity contribution in [3.63, 3.8) is 0 Å². The summed E-state index contributed by atoms with van der Waals surface area (Å²) in [5.74, 6) is 0.440. The minimum absolute atomic E-state index is 0.219. The van der Waals surface area contributed by atoms with Crippen LogP contribution in [0.5, 0.6) is 5.75 Å². The third-order valence-electron chi connectivity index (χ3n) is 2.28. The van der Waals surface area contributed by atoms with Crippen molar-refractivity contribution in [3.05, 3.63) is 40.8 Å². The van der Waals surface area contributed by atoms with E-state index >= 15 is 0 Å². The number of nitrogens with one attached hydrogen (secondary N) is 1. The van der Waals surface area contributed by atoms with Gasteiger partial charge in [-0.1, -0.05) is 0 Å². The molecule has 0 radical (unpaired) electrons. The molecule has 1 heterocycles. The van der Waals surface area contributed by atoms with E-state index in [1.807, 2.05) is 0 Å². The van der Waals surface area contributed by atoms with E-state index in [2.05, 4.69) is 21.2 Å². The van der Waals surface area contributed by atoms with E-state index in [4.69, 9.17) is 14.9 Å². The molecule has 2 rings (SSSR count). The molecule has 0 saturated heterocycles. The van der Waals surface area contributed by atoms with Gasteiger partial charge in [-0.3, -0.25) is 4.79 Å². The second kappa shape index (κ2) is 5.14. The van der Waals surface area contributed by atoms with Gasteiger partial charge in [0.2, 0.25) is 0 Å². The fraction of sp³-hybridized carbons (Fsp3) is 0.0833. The number of furan rings is 1. The topological polar surface area (TPSA) is 77.5 Å². The van der Waals surface area contributed by atoms with Crippen molar-refractivity contribution in [2.24, 2.45) is 0 Å². The van der Waals surface area contributed by atoms with E-state index in [-0.39, 0.29) is 11.7 Å². The van der Waals surface area contributed by atoms with Gasteiger partial charge in [0.15, 0.2) is 10.4 Å². The summed E-state index contributed by atoms with van der Waals surface area (Å²) in [6, 6.07) is 8.23. The molecule has 0 aliphatic carbocycles. The molecule has 0 spiro atoms. The predicted octanol–water partition coefficient (Wildman–Crippen LogP) is 2.89. The van der Waals surface area contributed by atoms with Crippen molar-refractivity contribution in [2.45, 2.75) is 0 Å². The Morgan fingerprint density at radius 3 is 2.72 bits per heavy atom. The Kier molecular flexibility index (Phi) is 3.57. The second-order valence-electron chi connectivity index (χ2n) is 3.51. The third-order valence-corrected chi connectivity index (χ3v) is 2.71. The minimum atomic E-state index is -0.342. The number of amides is 1. The van der Waals surface area contributed by atoms with Gasteiger partial charge in [-0.05, 0) is 46.3 Å². The zero-order chi connectivity index (χ0) is 13.1. The summed E-state index contributed by atoms with van der Waals surface area (Å²) in [5.41, 5.74) is 6.77. The highest BCUT2D eigenvalue weighted by Gasteiger charge is 2.11. The molecule has 0 aliphatic heterocycles. The first-order valence-corrected chi connectivity index (χ1v) is 5.89. The largest absolute Gasteiger partial charge is 0.495 e. The van der Waals surface area contributed by atoms with Gasteiger partial charge in [0.05, 0.1) is 12.8 Å². The summed E-state index contributed by atoms with van der Waals surface area (Å²) < 4.78 is 10.7. The maximum absolute atomic E-state index is 11.8. The number of nitrogens with two attached hydrogens (primary N) is 1. The standard InChI is InChI=1S/C12H11BrN2O3/c1-17-9-3-2-7(6-8(9)14)15-12(16)10-4-5-11(13)18-10/h2-6H,14H2,1H3,(H,15,16). The van der Waals surface area contributed by atoms with Crippen molar-refractivity contribution in [1.82, 2.24) is 0 Å². The van der Waals surface area contributed by atoms with Crippen LogP contribution in [0.4, 0.5) is 11.4 Å². The summed E-state index contributed by atoms with van der Waals surface area (Å²) in [4.78, 5) is 11.8. The lowest BCUT2D eigenvalue weighted by Gasteiger charge is -2.07. The first-order valence-electron chi connectivity index (χ1n) is 5.10. The molecule has 0 saturated carbocycles. The SMILES string of the molecule is COc1ccc(NC(=O)c2ccc(Br)o2)cc1N. The average molecular weight is 311 g/mol. The summed E-state index contributed by atoms with van der Waals surface area (Å²) >= 11 is 3.13. The van der Waals surface area contributed by atoms with E-state index in [9.17, 15) is 4.79 Å². The van der Waals surface area contributed by atoms with E-state index < -0.39 is 0 Å². The lowest BCUT2D eigenvalue weighted by Crippen LogP contribution is -2.11. The minimum Gasteiger partial charge on any atom is -0.495 e. The van der Waals surface area contributed by atoms with Gasteiger partial charge in [-0.25, -0.2) is 0 Å². The normalized spacial score (nSPS) is 10.1. The Bertz CT molecular complexity index is 580. The number of halogens is 1. The van der Waals surface area contributed by atoms with Gasteiger partial charge < -0.3 is 20.2 Å². The molecular weight excluding hydrogens is 300 g/mol. The summed E-state index contributed by atoms with van der Waals surface area (Å²) in [5, 5.41) is 2.67. The Morgan fingerprint density at radius 2 is 2.17 bits per heavy atom. The zero-order valence-electron chi connectivity index (χ0n) is 9.57. The van der Waals surface area contributed by atoms with Crippen LogP contribution in [0.3, 0.4) is 0 Å². The second-order valence-corrected chi connectivity index (χ2v) is 4.30. The quantitative estimate of drug-likeness (QED) is 0.855. The Hall–Kier alpha value is -1.95. The van der Waals surface area contributed by atoms with E-state index in [1.165, 1.54) is 7.11 Å². The molecule has 6 heteroatoms. The lowest BCUT2D eigenvalue weighted by molar-refractivity contribution is 0.0995. The fourth-order valence-electron chi connectivity index (χ4n) is 1.44. The number of carbonyl (C=O) groups is 1. The van der Waals surface area contributed by atoms with Crippen LogP contribution < -0.4 is 15.8 Å². The maximum Gasteiger partial charge on any atom is 0.291 e. The van der Waals surface area contributed by atoms with Crippen molar-refractivity contribution >= 4 is 33.2 Å². The van der Waals surface area contributed by atoms with Crippen LogP contribution in [-0.4, -0.2) is 13.0 Å². The molecule has 1 aromatic carbocycles. The molecule has 2 aromatic rings. The Labute approximate surface area is 112 Å². The smallest absolute Gasteiger partial charge is 0.291 e. The number of nitrogen functional groups attached to an aromatic ring is 1. The molecule has 1 amide bonds. The van der Waals surface area contributed by atoms with Crippen LogP contribution in [0.1, 0.15) is 10.6 Å². The average Bonchev–Trinajstić information content (AvgIpc) is 2.76. The molecule has 0 aliphatic rings. The number of hydrogen-bond acceptors (Lipinski definition) is 4. The molecule has 5 nitrogen and oxygen atoms in total. The number of rotatable bonds is 3. The van der Waals surface area contributed by atoms with Crippen molar-refractivity contribution < 1.29 is 13.9 Å². The number of ether oxygens (including phenoxy) is 1. The highest BCUT2D eigenvalue weighted by molar-refractivity contribution is 9.10. The first kappa shape index (κ1) is 12.5. The van der Waals surface area contributed by atoms with E-state index in [0.717, 1.165) is 0 Å². The molecule has 0 atom stereocenters. The van der Waals surface area contributed by atoms with Crippen LogP contribution in [-0.2, 0) is 0 Å². The Morgan fingerprint density at radius 1 is 1.39 bits per heavy atom. The third kappa shape index (κ3) is 2.65. The fourth-order valence-corrected chi connectivity index (χ4v) is 1.75. The molecule has 94 valence electrons. The lowest BCUT2D eigenvalue weighted by atomic mass is 10.2.